The summed E-state index contributed by atoms with van der Waals surface area (Å²) in [5.41, 5.74) is 1.70. The zero-order valence-corrected chi connectivity index (χ0v) is 18.7. The molecule has 1 aromatic heterocycles. The predicted octanol–water partition coefficient (Wildman–Crippen LogP) is 2.86. The summed E-state index contributed by atoms with van der Waals surface area (Å²) in [4.78, 5) is 14.6. The van der Waals surface area contributed by atoms with Crippen LogP contribution in [0.4, 0.5) is 4.39 Å². The van der Waals surface area contributed by atoms with E-state index in [0.717, 1.165) is 55.6 Å². The number of benzene rings is 2. The highest BCUT2D eigenvalue weighted by Crippen LogP contribution is 2.18. The number of rotatable bonds is 8. The van der Waals surface area contributed by atoms with Crippen LogP contribution in [0, 0.1) is 5.82 Å². The van der Waals surface area contributed by atoms with Gasteiger partial charge in [-0.1, -0.05) is 42.5 Å². The fraction of sp³-hybridized carbons (Fsp3) is 0.320. The number of para-hydroxylation sites is 1. The van der Waals surface area contributed by atoms with Gasteiger partial charge in [-0.15, -0.1) is 10.2 Å². The van der Waals surface area contributed by atoms with Crippen LogP contribution in [-0.2, 0) is 30.7 Å². The Morgan fingerprint density at radius 2 is 2.03 bits per heavy atom. The first-order valence-electron chi connectivity index (χ1n) is 11.1. The molecule has 0 spiro atoms. The Balaban J connectivity index is 1.29. The number of carbonyl (C=O) groups excluding carboxylic acids is 1. The topological polar surface area (TPSA) is 72.3 Å². The minimum Gasteiger partial charge on any atom is -0.496 e. The molecule has 0 fully saturated rings. The number of nitrogens with zero attached hydrogens (tertiary/aromatic N) is 4. The maximum Gasteiger partial charge on any atom is 0.224 e. The molecule has 0 radical (unpaired) electrons. The molecule has 1 aliphatic heterocycles. The molecule has 2 aromatic carbocycles. The second-order valence-corrected chi connectivity index (χ2v) is 7.96. The van der Waals surface area contributed by atoms with Gasteiger partial charge in [0.25, 0.3) is 0 Å². The van der Waals surface area contributed by atoms with Gasteiger partial charge in [-0.05, 0) is 23.8 Å². The summed E-state index contributed by atoms with van der Waals surface area (Å²) in [5.74, 6) is 2.02. The van der Waals surface area contributed by atoms with Crippen LogP contribution < -0.4 is 10.1 Å². The van der Waals surface area contributed by atoms with Crippen molar-refractivity contribution < 1.29 is 13.9 Å². The van der Waals surface area contributed by atoms with E-state index in [9.17, 15) is 9.18 Å². The van der Waals surface area contributed by atoms with Crippen molar-refractivity contribution in [3.63, 3.8) is 0 Å². The number of nitrogens with one attached hydrogen (secondary N) is 1. The van der Waals surface area contributed by atoms with Crippen LogP contribution in [0.25, 0.3) is 6.08 Å². The van der Waals surface area contributed by atoms with Crippen molar-refractivity contribution in [1.82, 2.24) is 25.0 Å². The molecule has 172 valence electrons. The minimum absolute atomic E-state index is 0.130. The van der Waals surface area contributed by atoms with E-state index in [1.807, 2.05) is 24.3 Å². The number of aromatic nitrogens is 3. The van der Waals surface area contributed by atoms with Crippen LogP contribution in [0.1, 0.15) is 22.8 Å². The first-order valence-corrected chi connectivity index (χ1v) is 11.1. The highest BCUT2D eigenvalue weighted by Gasteiger charge is 2.18. The van der Waals surface area contributed by atoms with Crippen LogP contribution in [0.15, 0.2) is 54.6 Å². The molecule has 0 aliphatic carbocycles. The third-order valence-electron chi connectivity index (χ3n) is 5.69. The number of carbonyl (C=O) groups is 1. The van der Waals surface area contributed by atoms with Crippen molar-refractivity contribution in [3.05, 3.63) is 83.2 Å². The molecule has 3 aromatic rings. The monoisotopic (exact) mass is 449 g/mol. The number of methoxy groups -OCH3 is 1. The fourth-order valence-electron chi connectivity index (χ4n) is 3.95. The van der Waals surface area contributed by atoms with Gasteiger partial charge in [-0.2, -0.15) is 0 Å². The molecule has 1 aliphatic rings. The van der Waals surface area contributed by atoms with Crippen molar-refractivity contribution >= 4 is 12.0 Å². The Kier molecular flexibility index (Phi) is 7.47. The molecular formula is C25H28FN5O2. The van der Waals surface area contributed by atoms with Gasteiger partial charge in [0.15, 0.2) is 5.82 Å². The molecule has 7 nitrogen and oxygen atoms in total. The third kappa shape index (κ3) is 6.04. The molecule has 0 saturated heterocycles. The van der Waals surface area contributed by atoms with Gasteiger partial charge in [0, 0.05) is 38.2 Å². The summed E-state index contributed by atoms with van der Waals surface area (Å²) < 4.78 is 20.8. The molecule has 0 unspecified atom stereocenters. The predicted molar refractivity (Wildman–Crippen MR) is 124 cm³/mol. The lowest BCUT2D eigenvalue weighted by Gasteiger charge is -2.17. The molecule has 1 amide bonds. The van der Waals surface area contributed by atoms with E-state index in [1.165, 1.54) is 12.1 Å². The molecule has 33 heavy (non-hydrogen) atoms. The molecule has 0 bridgehead atoms. The zero-order chi connectivity index (χ0) is 23.0. The fourth-order valence-corrected chi connectivity index (χ4v) is 3.95. The van der Waals surface area contributed by atoms with E-state index < -0.39 is 0 Å². The Morgan fingerprint density at radius 3 is 2.88 bits per heavy atom. The van der Waals surface area contributed by atoms with Gasteiger partial charge in [0.1, 0.15) is 17.4 Å². The van der Waals surface area contributed by atoms with Crippen LogP contribution in [-0.4, -0.2) is 52.3 Å². The Hall–Kier alpha value is -3.52. The lowest BCUT2D eigenvalue weighted by molar-refractivity contribution is -0.120. The van der Waals surface area contributed by atoms with Crippen molar-refractivity contribution in [2.45, 2.75) is 25.9 Å². The molecule has 2 heterocycles. The molecule has 8 heteroatoms. The smallest absolute Gasteiger partial charge is 0.224 e. The van der Waals surface area contributed by atoms with E-state index in [4.69, 9.17) is 4.74 Å². The molecule has 1 N–H and O–H groups in total. The quantitative estimate of drug-likeness (QED) is 0.573. The third-order valence-corrected chi connectivity index (χ3v) is 5.69. The van der Waals surface area contributed by atoms with Gasteiger partial charge in [0.05, 0.1) is 20.1 Å². The summed E-state index contributed by atoms with van der Waals surface area (Å²) in [7, 11) is 1.68. The number of fused-ring (bicyclic) bond motifs is 1. The van der Waals surface area contributed by atoms with Gasteiger partial charge in [-0.25, -0.2) is 4.39 Å². The van der Waals surface area contributed by atoms with E-state index in [-0.39, 0.29) is 18.1 Å². The normalized spacial score (nSPS) is 14.1. The second-order valence-electron chi connectivity index (χ2n) is 7.96. The van der Waals surface area contributed by atoms with E-state index in [0.29, 0.717) is 12.1 Å². The van der Waals surface area contributed by atoms with Gasteiger partial charge in [0.2, 0.25) is 5.91 Å². The average molecular weight is 450 g/mol. The first kappa shape index (κ1) is 22.7. The number of hydrogen-bond donors (Lipinski definition) is 1. The lowest BCUT2D eigenvalue weighted by atomic mass is 10.1. The van der Waals surface area contributed by atoms with Crippen LogP contribution in [0.2, 0.25) is 0 Å². The van der Waals surface area contributed by atoms with Gasteiger partial charge in [-0.3, -0.25) is 9.69 Å². The van der Waals surface area contributed by atoms with E-state index >= 15 is 0 Å². The second kappa shape index (κ2) is 10.9. The lowest BCUT2D eigenvalue weighted by Crippen LogP contribution is -2.28. The summed E-state index contributed by atoms with van der Waals surface area (Å²) in [6.07, 6.45) is 5.17. The summed E-state index contributed by atoms with van der Waals surface area (Å²) >= 11 is 0. The summed E-state index contributed by atoms with van der Waals surface area (Å²) in [6.45, 7) is 3.65. The minimum atomic E-state index is -0.342. The SMILES string of the molecule is COc1ccccc1/C=C/CN1CCc2nnc(CNC(=O)Cc3cccc(F)c3)n2CC1. The first-order chi connectivity index (χ1) is 16.1. The highest BCUT2D eigenvalue weighted by molar-refractivity contribution is 5.78. The Morgan fingerprint density at radius 1 is 1.15 bits per heavy atom. The van der Waals surface area contributed by atoms with Gasteiger partial charge >= 0.3 is 0 Å². The summed E-state index contributed by atoms with van der Waals surface area (Å²) in [6, 6.07) is 14.0. The average Bonchev–Trinajstić information content (AvgIpc) is 3.09. The number of amides is 1. The Bertz CT molecular complexity index is 1130. The Labute approximate surface area is 192 Å². The number of hydrogen-bond acceptors (Lipinski definition) is 5. The molecule has 4 rings (SSSR count). The highest BCUT2D eigenvalue weighted by atomic mass is 19.1. The maximum absolute atomic E-state index is 13.3. The van der Waals surface area contributed by atoms with E-state index in [2.05, 4.69) is 37.1 Å². The standard InChI is InChI=1S/C25H28FN5O2/c1-33-22-10-3-2-7-20(22)8-5-12-30-13-11-23-28-29-24(31(23)15-14-30)18-27-25(32)17-19-6-4-9-21(26)16-19/h2-10,16H,11-15,17-18H2,1H3,(H,27,32)/b8-5+. The van der Waals surface area contributed by atoms with Gasteiger partial charge < -0.3 is 14.6 Å². The van der Waals surface area contributed by atoms with Crippen molar-refractivity contribution in [2.75, 3.05) is 26.7 Å². The summed E-state index contributed by atoms with van der Waals surface area (Å²) in [5, 5.41) is 11.5. The number of halogens is 1. The number of ether oxygens (including phenoxy) is 1. The van der Waals surface area contributed by atoms with Crippen molar-refractivity contribution in [1.29, 1.82) is 0 Å². The van der Waals surface area contributed by atoms with E-state index in [1.54, 1.807) is 19.2 Å². The zero-order valence-electron chi connectivity index (χ0n) is 18.7. The maximum atomic E-state index is 13.3. The van der Waals surface area contributed by atoms with Crippen molar-refractivity contribution in [3.8, 4) is 5.75 Å². The van der Waals surface area contributed by atoms with Crippen LogP contribution >= 0.6 is 0 Å². The molecule has 0 saturated carbocycles. The molecule has 0 atom stereocenters. The van der Waals surface area contributed by atoms with Crippen molar-refractivity contribution in [2.24, 2.45) is 0 Å². The van der Waals surface area contributed by atoms with Crippen LogP contribution in [0.3, 0.4) is 0 Å². The largest absolute Gasteiger partial charge is 0.496 e. The molecular weight excluding hydrogens is 421 g/mol. The van der Waals surface area contributed by atoms with Crippen LogP contribution in [0.5, 0.6) is 5.75 Å².